The molecule has 1 fully saturated rings. The molecule has 1 aromatic heterocycles. The van der Waals surface area contributed by atoms with E-state index in [2.05, 4.69) is 17.3 Å². The van der Waals surface area contributed by atoms with Crippen LogP contribution < -0.4 is 10.9 Å². The zero-order chi connectivity index (χ0) is 12.3. The molecule has 4 nitrogen and oxygen atoms in total. The highest BCUT2D eigenvalue weighted by Gasteiger charge is 2.19. The highest BCUT2D eigenvalue weighted by molar-refractivity contribution is 6.32. The predicted octanol–water partition coefficient (Wildman–Crippen LogP) is 2.66. The van der Waals surface area contributed by atoms with Gasteiger partial charge in [-0.05, 0) is 25.7 Å². The van der Waals surface area contributed by atoms with Crippen molar-refractivity contribution in [2.75, 3.05) is 5.32 Å². The van der Waals surface area contributed by atoms with Crippen LogP contribution in [0.2, 0.25) is 5.02 Å². The minimum Gasteiger partial charge on any atom is -0.380 e. The van der Waals surface area contributed by atoms with Gasteiger partial charge in [0.05, 0.1) is 11.9 Å². The number of unbranched alkanes of at least 4 members (excludes halogenated alkanes) is 1. The summed E-state index contributed by atoms with van der Waals surface area (Å²) in [5.74, 6) is 0. The number of rotatable bonds is 5. The average molecular weight is 256 g/mol. The minimum atomic E-state index is -0.190. The molecule has 0 bridgehead atoms. The van der Waals surface area contributed by atoms with Crippen LogP contribution in [0.4, 0.5) is 5.69 Å². The quantitative estimate of drug-likeness (QED) is 0.880. The zero-order valence-corrected chi connectivity index (χ0v) is 10.8. The summed E-state index contributed by atoms with van der Waals surface area (Å²) in [6, 6.07) is 0.459. The van der Waals surface area contributed by atoms with Crippen LogP contribution in [-0.4, -0.2) is 15.8 Å². The van der Waals surface area contributed by atoms with Crippen molar-refractivity contribution in [2.24, 2.45) is 0 Å². The summed E-state index contributed by atoms with van der Waals surface area (Å²) >= 11 is 6.07. The second kappa shape index (κ2) is 5.54. The van der Waals surface area contributed by atoms with Crippen LogP contribution in [0.15, 0.2) is 11.0 Å². The monoisotopic (exact) mass is 255 g/mol. The third-order valence-corrected chi connectivity index (χ3v) is 3.54. The van der Waals surface area contributed by atoms with Gasteiger partial charge < -0.3 is 5.32 Å². The third-order valence-electron chi connectivity index (χ3n) is 3.17. The van der Waals surface area contributed by atoms with Gasteiger partial charge in [-0.15, -0.1) is 0 Å². The number of hydrogen-bond acceptors (Lipinski definition) is 3. The number of aromatic nitrogens is 2. The topological polar surface area (TPSA) is 46.9 Å². The van der Waals surface area contributed by atoms with Crippen LogP contribution in [-0.2, 0) is 6.54 Å². The Morgan fingerprint density at radius 3 is 2.94 bits per heavy atom. The van der Waals surface area contributed by atoms with Crippen LogP contribution in [0.3, 0.4) is 0 Å². The maximum Gasteiger partial charge on any atom is 0.287 e. The highest BCUT2D eigenvalue weighted by atomic mass is 35.5. The number of hydrogen-bond donors (Lipinski definition) is 1. The molecule has 2 rings (SSSR count). The normalized spacial score (nSPS) is 15.6. The van der Waals surface area contributed by atoms with E-state index in [4.69, 9.17) is 11.6 Å². The molecule has 1 heterocycles. The molecule has 0 aromatic carbocycles. The Hall–Kier alpha value is -1.03. The van der Waals surface area contributed by atoms with Crippen molar-refractivity contribution in [1.82, 2.24) is 9.78 Å². The SMILES string of the molecule is CCCCn1ncc(NC2CCC2)c(Cl)c1=O. The van der Waals surface area contributed by atoms with E-state index >= 15 is 0 Å². The summed E-state index contributed by atoms with van der Waals surface area (Å²) in [7, 11) is 0. The summed E-state index contributed by atoms with van der Waals surface area (Å²) in [4.78, 5) is 11.9. The molecule has 17 heavy (non-hydrogen) atoms. The number of nitrogens with zero attached hydrogens (tertiary/aromatic N) is 2. The first-order chi connectivity index (χ1) is 8.22. The maximum atomic E-state index is 11.9. The van der Waals surface area contributed by atoms with E-state index in [1.165, 1.54) is 11.1 Å². The molecule has 0 amide bonds. The molecule has 0 saturated heterocycles. The van der Waals surface area contributed by atoms with Crippen molar-refractivity contribution in [3.05, 3.63) is 21.6 Å². The van der Waals surface area contributed by atoms with E-state index in [1.54, 1.807) is 6.20 Å². The molecule has 1 saturated carbocycles. The Labute approximate surface area is 106 Å². The second-order valence-corrected chi connectivity index (χ2v) is 4.90. The Bertz CT molecular complexity index is 440. The number of nitrogens with one attached hydrogen (secondary N) is 1. The number of aryl methyl sites for hydroxylation is 1. The Balaban J connectivity index is 2.13. The largest absolute Gasteiger partial charge is 0.380 e. The minimum absolute atomic E-state index is 0.190. The summed E-state index contributed by atoms with van der Waals surface area (Å²) < 4.78 is 1.44. The lowest BCUT2D eigenvalue weighted by Gasteiger charge is -2.27. The van der Waals surface area contributed by atoms with Crippen molar-refractivity contribution in [1.29, 1.82) is 0 Å². The Morgan fingerprint density at radius 1 is 1.59 bits per heavy atom. The van der Waals surface area contributed by atoms with Gasteiger partial charge in [-0.2, -0.15) is 5.10 Å². The van der Waals surface area contributed by atoms with Crippen molar-refractivity contribution in [3.8, 4) is 0 Å². The Kier molecular flexibility index (Phi) is 4.05. The van der Waals surface area contributed by atoms with Crippen molar-refractivity contribution < 1.29 is 0 Å². The second-order valence-electron chi connectivity index (χ2n) is 4.53. The fourth-order valence-corrected chi connectivity index (χ4v) is 2.01. The summed E-state index contributed by atoms with van der Waals surface area (Å²) in [5.41, 5.74) is 0.485. The molecule has 0 unspecified atom stereocenters. The van der Waals surface area contributed by atoms with Crippen LogP contribution >= 0.6 is 11.6 Å². The summed E-state index contributed by atoms with van der Waals surface area (Å²) in [6.45, 7) is 2.72. The lowest BCUT2D eigenvalue weighted by molar-refractivity contribution is 0.444. The lowest BCUT2D eigenvalue weighted by Crippen LogP contribution is -2.30. The van der Waals surface area contributed by atoms with E-state index in [0.717, 1.165) is 25.7 Å². The average Bonchev–Trinajstić information content (AvgIpc) is 2.27. The van der Waals surface area contributed by atoms with Crippen LogP contribution in [0.5, 0.6) is 0 Å². The van der Waals surface area contributed by atoms with Crippen molar-refractivity contribution in [2.45, 2.75) is 51.6 Å². The van der Waals surface area contributed by atoms with Gasteiger partial charge >= 0.3 is 0 Å². The first-order valence-corrected chi connectivity index (χ1v) is 6.62. The molecule has 94 valence electrons. The van der Waals surface area contributed by atoms with Gasteiger partial charge in [0.2, 0.25) is 0 Å². The summed E-state index contributed by atoms with van der Waals surface area (Å²) in [6.07, 6.45) is 7.19. The van der Waals surface area contributed by atoms with Crippen LogP contribution in [0.1, 0.15) is 39.0 Å². The fraction of sp³-hybridized carbons (Fsp3) is 0.667. The molecule has 0 aliphatic heterocycles. The first kappa shape index (κ1) is 12.4. The third kappa shape index (κ3) is 2.80. The smallest absolute Gasteiger partial charge is 0.287 e. The van der Waals surface area contributed by atoms with Crippen LogP contribution in [0, 0.1) is 0 Å². The zero-order valence-electron chi connectivity index (χ0n) is 10.1. The maximum absolute atomic E-state index is 11.9. The van der Waals surface area contributed by atoms with Gasteiger partial charge in [-0.1, -0.05) is 24.9 Å². The number of anilines is 1. The molecule has 0 atom stereocenters. The van der Waals surface area contributed by atoms with Gasteiger partial charge in [-0.3, -0.25) is 4.79 Å². The molecule has 1 aliphatic rings. The molecule has 5 heteroatoms. The standard InChI is InChI=1S/C12H18ClN3O/c1-2-3-7-16-12(17)11(13)10(8-14-16)15-9-5-4-6-9/h8-9,15H,2-7H2,1H3. The van der Waals surface area contributed by atoms with Gasteiger partial charge in [0, 0.05) is 12.6 Å². The lowest BCUT2D eigenvalue weighted by atomic mass is 9.93. The van der Waals surface area contributed by atoms with E-state index < -0.39 is 0 Å². The van der Waals surface area contributed by atoms with Crippen LogP contribution in [0.25, 0.3) is 0 Å². The molecule has 1 N–H and O–H groups in total. The van der Waals surface area contributed by atoms with Crippen molar-refractivity contribution in [3.63, 3.8) is 0 Å². The molecule has 1 aromatic rings. The van der Waals surface area contributed by atoms with Gasteiger partial charge in [0.25, 0.3) is 5.56 Å². The van der Waals surface area contributed by atoms with Gasteiger partial charge in [-0.25, -0.2) is 4.68 Å². The van der Waals surface area contributed by atoms with E-state index in [-0.39, 0.29) is 10.6 Å². The first-order valence-electron chi connectivity index (χ1n) is 6.24. The Morgan fingerprint density at radius 2 is 2.35 bits per heavy atom. The fourth-order valence-electron chi connectivity index (χ4n) is 1.81. The molecule has 0 radical (unpaired) electrons. The van der Waals surface area contributed by atoms with E-state index in [0.29, 0.717) is 18.3 Å². The molecule has 0 spiro atoms. The summed E-state index contributed by atoms with van der Waals surface area (Å²) in [5, 5.41) is 7.67. The predicted molar refractivity (Wildman–Crippen MR) is 69.7 cm³/mol. The van der Waals surface area contributed by atoms with Gasteiger partial charge in [0.15, 0.2) is 0 Å². The molecule has 1 aliphatic carbocycles. The van der Waals surface area contributed by atoms with E-state index in [1.807, 2.05) is 0 Å². The van der Waals surface area contributed by atoms with E-state index in [9.17, 15) is 4.79 Å². The van der Waals surface area contributed by atoms with Crippen molar-refractivity contribution >= 4 is 17.3 Å². The number of halogens is 1. The molecular weight excluding hydrogens is 238 g/mol. The molecular formula is C12H18ClN3O. The van der Waals surface area contributed by atoms with Gasteiger partial charge in [0.1, 0.15) is 5.02 Å². The highest BCUT2D eigenvalue weighted by Crippen LogP contribution is 2.25.